The lowest BCUT2D eigenvalue weighted by Gasteiger charge is -2.25. The van der Waals surface area contributed by atoms with E-state index < -0.39 is 12.1 Å². The second kappa shape index (κ2) is 5.89. The molecule has 5 nitrogen and oxygen atoms in total. The summed E-state index contributed by atoms with van der Waals surface area (Å²) < 4.78 is 22.9. The molecular formula is C14H24O5. The van der Waals surface area contributed by atoms with Crippen LogP contribution in [0.2, 0.25) is 0 Å². The number of aliphatic hydroxyl groups is 1. The second-order valence-corrected chi connectivity index (χ2v) is 5.65. The van der Waals surface area contributed by atoms with Gasteiger partial charge in [-0.05, 0) is 32.6 Å². The van der Waals surface area contributed by atoms with Crippen molar-refractivity contribution in [3.63, 3.8) is 0 Å². The van der Waals surface area contributed by atoms with Crippen molar-refractivity contribution in [3.8, 4) is 0 Å². The van der Waals surface area contributed by atoms with Crippen molar-refractivity contribution in [3.05, 3.63) is 12.7 Å². The molecule has 5 heteroatoms. The quantitative estimate of drug-likeness (QED) is 0.742. The summed E-state index contributed by atoms with van der Waals surface area (Å²) in [6.45, 7) is 7.61. The third-order valence-electron chi connectivity index (χ3n) is 3.66. The van der Waals surface area contributed by atoms with Crippen LogP contribution in [-0.4, -0.2) is 49.2 Å². The average Bonchev–Trinajstić information content (AvgIpc) is 2.83. The molecule has 2 fully saturated rings. The molecule has 2 aliphatic rings. The van der Waals surface area contributed by atoms with Crippen molar-refractivity contribution >= 4 is 0 Å². The van der Waals surface area contributed by atoms with Gasteiger partial charge in [0.25, 0.3) is 0 Å². The smallest absolute Gasteiger partial charge is 0.186 e. The number of hydrogen-bond donors (Lipinski definition) is 1. The largest absolute Gasteiger partial charge is 0.396 e. The van der Waals surface area contributed by atoms with Crippen LogP contribution in [0.15, 0.2) is 12.7 Å². The highest BCUT2D eigenvalue weighted by molar-refractivity contribution is 4.96. The van der Waals surface area contributed by atoms with E-state index in [2.05, 4.69) is 6.58 Å². The number of rotatable bonds is 6. The van der Waals surface area contributed by atoms with Crippen LogP contribution in [0.4, 0.5) is 0 Å². The monoisotopic (exact) mass is 272 g/mol. The number of fused-ring (bicyclic) bond motifs is 1. The first kappa shape index (κ1) is 14.9. The fraction of sp³-hybridized carbons (Fsp3) is 0.857. The van der Waals surface area contributed by atoms with Gasteiger partial charge in [-0.3, -0.25) is 0 Å². The maximum atomic E-state index is 9.38. The van der Waals surface area contributed by atoms with Crippen LogP contribution in [0.3, 0.4) is 0 Å². The van der Waals surface area contributed by atoms with Crippen LogP contribution in [-0.2, 0) is 18.9 Å². The van der Waals surface area contributed by atoms with Crippen LogP contribution >= 0.6 is 0 Å². The first-order chi connectivity index (χ1) is 9.00. The highest BCUT2D eigenvalue weighted by atomic mass is 16.8. The Kier molecular flexibility index (Phi) is 4.63. The van der Waals surface area contributed by atoms with Gasteiger partial charge in [0.2, 0.25) is 0 Å². The molecule has 0 unspecified atom stereocenters. The summed E-state index contributed by atoms with van der Waals surface area (Å²) in [6, 6.07) is 0. The summed E-state index contributed by atoms with van der Waals surface area (Å²) in [5, 5.41) is 9.38. The summed E-state index contributed by atoms with van der Waals surface area (Å²) in [7, 11) is 1.60. The third-order valence-corrected chi connectivity index (χ3v) is 3.66. The van der Waals surface area contributed by atoms with E-state index in [0.717, 1.165) is 6.42 Å². The Morgan fingerprint density at radius 2 is 2.05 bits per heavy atom. The van der Waals surface area contributed by atoms with E-state index in [4.69, 9.17) is 18.9 Å². The van der Waals surface area contributed by atoms with E-state index in [1.165, 1.54) is 0 Å². The van der Waals surface area contributed by atoms with Crippen molar-refractivity contribution in [2.24, 2.45) is 5.92 Å². The van der Waals surface area contributed by atoms with Gasteiger partial charge in [0.1, 0.15) is 12.2 Å². The van der Waals surface area contributed by atoms with Gasteiger partial charge in [-0.2, -0.15) is 0 Å². The zero-order valence-electron chi connectivity index (χ0n) is 11.9. The van der Waals surface area contributed by atoms with Gasteiger partial charge in [0, 0.05) is 13.7 Å². The lowest BCUT2D eigenvalue weighted by atomic mass is 9.95. The van der Waals surface area contributed by atoms with Crippen LogP contribution in [0.5, 0.6) is 0 Å². The second-order valence-electron chi connectivity index (χ2n) is 5.65. The first-order valence-corrected chi connectivity index (χ1v) is 6.76. The Balaban J connectivity index is 2.03. The molecule has 1 N–H and O–H groups in total. The van der Waals surface area contributed by atoms with Gasteiger partial charge < -0.3 is 24.1 Å². The van der Waals surface area contributed by atoms with E-state index >= 15 is 0 Å². The highest BCUT2D eigenvalue weighted by Gasteiger charge is 2.55. The molecule has 2 aliphatic heterocycles. The average molecular weight is 272 g/mol. The normalized spacial score (nSPS) is 38.1. The lowest BCUT2D eigenvalue weighted by molar-refractivity contribution is -0.228. The predicted octanol–water partition coefficient (Wildman–Crippen LogP) is 1.45. The molecule has 0 aromatic rings. The summed E-state index contributed by atoms with van der Waals surface area (Å²) in [5.41, 5.74) is 0. The van der Waals surface area contributed by atoms with E-state index in [0.29, 0.717) is 6.42 Å². The Labute approximate surface area is 114 Å². The van der Waals surface area contributed by atoms with Crippen LogP contribution in [0.25, 0.3) is 0 Å². The molecule has 0 spiro atoms. The molecule has 0 aromatic carbocycles. The van der Waals surface area contributed by atoms with E-state index in [1.54, 1.807) is 7.11 Å². The lowest BCUT2D eigenvalue weighted by Crippen LogP contribution is -2.31. The number of hydrogen-bond acceptors (Lipinski definition) is 5. The maximum Gasteiger partial charge on any atom is 0.186 e. The molecule has 0 radical (unpaired) electrons. The number of allylic oxidation sites excluding steroid dienone is 1. The van der Waals surface area contributed by atoms with Gasteiger partial charge in [-0.15, -0.1) is 6.58 Å². The minimum Gasteiger partial charge on any atom is -0.396 e. The minimum atomic E-state index is -0.610. The topological polar surface area (TPSA) is 57.2 Å². The van der Waals surface area contributed by atoms with Crippen molar-refractivity contribution in [2.45, 2.75) is 57.1 Å². The van der Waals surface area contributed by atoms with Crippen LogP contribution in [0, 0.1) is 5.92 Å². The van der Waals surface area contributed by atoms with Crippen molar-refractivity contribution in [1.29, 1.82) is 0 Å². The molecule has 0 bridgehead atoms. The molecule has 110 valence electrons. The molecule has 0 aromatic heterocycles. The maximum absolute atomic E-state index is 9.38. The molecule has 2 heterocycles. The van der Waals surface area contributed by atoms with E-state index in [1.807, 2.05) is 19.9 Å². The van der Waals surface area contributed by atoms with Crippen LogP contribution in [0.1, 0.15) is 26.7 Å². The van der Waals surface area contributed by atoms with Gasteiger partial charge in [0.05, 0.1) is 6.10 Å². The zero-order chi connectivity index (χ0) is 14.0. The third kappa shape index (κ3) is 3.17. The van der Waals surface area contributed by atoms with E-state index in [9.17, 15) is 5.11 Å². The van der Waals surface area contributed by atoms with Gasteiger partial charge in [0.15, 0.2) is 12.1 Å². The fourth-order valence-corrected chi connectivity index (χ4v) is 2.83. The molecule has 19 heavy (non-hydrogen) atoms. The van der Waals surface area contributed by atoms with Gasteiger partial charge in [-0.1, -0.05) is 6.08 Å². The SMILES string of the molecule is C=CC[C@H](CO)C[C@H]1O[C@@H](OC)[C@H]2OC(C)(C)O[C@H]21. The van der Waals surface area contributed by atoms with Crippen molar-refractivity contribution < 1.29 is 24.1 Å². The number of ether oxygens (including phenoxy) is 4. The van der Waals surface area contributed by atoms with Crippen molar-refractivity contribution in [1.82, 2.24) is 0 Å². The summed E-state index contributed by atoms with van der Waals surface area (Å²) >= 11 is 0. The van der Waals surface area contributed by atoms with Gasteiger partial charge in [-0.25, -0.2) is 0 Å². The highest BCUT2D eigenvalue weighted by Crippen LogP contribution is 2.40. The Hall–Kier alpha value is -0.460. The molecule has 2 saturated heterocycles. The summed E-state index contributed by atoms with van der Waals surface area (Å²) in [5.74, 6) is -0.479. The zero-order valence-corrected chi connectivity index (χ0v) is 11.9. The Bertz CT molecular complexity index is 317. The van der Waals surface area contributed by atoms with Gasteiger partial charge >= 0.3 is 0 Å². The molecule has 0 aliphatic carbocycles. The minimum absolute atomic E-state index is 0.116. The fourth-order valence-electron chi connectivity index (χ4n) is 2.83. The molecule has 5 atom stereocenters. The molecular weight excluding hydrogens is 248 g/mol. The molecule has 0 amide bonds. The Morgan fingerprint density at radius 1 is 1.37 bits per heavy atom. The molecule has 2 rings (SSSR count). The van der Waals surface area contributed by atoms with Crippen LogP contribution < -0.4 is 0 Å². The molecule has 0 saturated carbocycles. The van der Waals surface area contributed by atoms with Crippen molar-refractivity contribution in [2.75, 3.05) is 13.7 Å². The number of aliphatic hydroxyl groups excluding tert-OH is 1. The standard InChI is InChI=1S/C14H24O5/c1-5-6-9(8-15)7-10-11-12(13(16-4)17-10)19-14(2,3)18-11/h5,9-13,15H,1,6-8H2,2-4H3/t9-,10+,11-,12-,13+/m0/s1. The number of methoxy groups -OCH3 is 1. The Morgan fingerprint density at radius 3 is 2.63 bits per heavy atom. The van der Waals surface area contributed by atoms with E-state index in [-0.39, 0.29) is 30.8 Å². The predicted molar refractivity (Wildman–Crippen MR) is 69.5 cm³/mol. The summed E-state index contributed by atoms with van der Waals surface area (Å²) in [6.07, 6.45) is 2.43. The summed E-state index contributed by atoms with van der Waals surface area (Å²) in [4.78, 5) is 0. The first-order valence-electron chi connectivity index (χ1n) is 6.76.